The Morgan fingerprint density at radius 1 is 1.16 bits per heavy atom. The van der Waals surface area contributed by atoms with Gasteiger partial charge >= 0.3 is 0 Å². The first-order valence-electron chi connectivity index (χ1n) is 11.0. The number of hydrogen-bond donors (Lipinski definition) is 1. The Balaban J connectivity index is 1.38. The highest BCUT2D eigenvalue weighted by atomic mass is 32.2. The maximum absolute atomic E-state index is 12.3. The van der Waals surface area contributed by atoms with Crippen molar-refractivity contribution < 1.29 is 4.79 Å². The van der Waals surface area contributed by atoms with Crippen LogP contribution in [0.15, 0.2) is 59.6 Å². The first-order valence-corrected chi connectivity index (χ1v) is 12.0. The van der Waals surface area contributed by atoms with E-state index in [1.54, 1.807) is 0 Å². The van der Waals surface area contributed by atoms with E-state index in [1.807, 2.05) is 37.3 Å². The van der Waals surface area contributed by atoms with Crippen LogP contribution in [0.2, 0.25) is 0 Å². The molecule has 1 aliphatic rings. The van der Waals surface area contributed by atoms with Crippen molar-refractivity contribution >= 4 is 23.4 Å². The van der Waals surface area contributed by atoms with E-state index < -0.39 is 0 Å². The molecular formula is C27H27N3OS. The van der Waals surface area contributed by atoms with Crippen LogP contribution in [0.1, 0.15) is 52.3 Å². The predicted molar refractivity (Wildman–Crippen MR) is 130 cm³/mol. The normalized spacial score (nSPS) is 15.0. The Labute approximate surface area is 194 Å². The molecule has 0 fully saturated rings. The summed E-state index contributed by atoms with van der Waals surface area (Å²) < 4.78 is 0. The lowest BCUT2D eigenvalue weighted by Gasteiger charge is -2.25. The molecular weight excluding hydrogens is 414 g/mol. The van der Waals surface area contributed by atoms with Crippen molar-refractivity contribution in [3.8, 4) is 6.07 Å². The summed E-state index contributed by atoms with van der Waals surface area (Å²) in [6, 6.07) is 20.8. The summed E-state index contributed by atoms with van der Waals surface area (Å²) in [6.45, 7) is 4.09. The Kier molecular flexibility index (Phi) is 6.92. The average molecular weight is 442 g/mol. The van der Waals surface area contributed by atoms with E-state index in [0.717, 1.165) is 41.2 Å². The summed E-state index contributed by atoms with van der Waals surface area (Å²) in [5.74, 6) is 1.04. The fourth-order valence-electron chi connectivity index (χ4n) is 4.13. The van der Waals surface area contributed by atoms with Crippen molar-refractivity contribution in [1.29, 1.82) is 5.26 Å². The molecule has 1 amide bonds. The number of carbonyl (C=O) groups is 1. The van der Waals surface area contributed by atoms with Crippen LogP contribution in [0.3, 0.4) is 0 Å². The van der Waals surface area contributed by atoms with Gasteiger partial charge in [0.2, 0.25) is 5.91 Å². The third-order valence-corrected chi connectivity index (χ3v) is 7.09. The molecule has 0 radical (unpaired) electrons. The molecule has 5 heteroatoms. The number of thioether (sulfide) groups is 1. The molecule has 4 rings (SSSR count). The molecule has 1 unspecified atom stereocenters. The Morgan fingerprint density at radius 2 is 1.97 bits per heavy atom. The highest BCUT2D eigenvalue weighted by molar-refractivity contribution is 7.99. The van der Waals surface area contributed by atoms with E-state index in [0.29, 0.717) is 23.7 Å². The molecule has 32 heavy (non-hydrogen) atoms. The van der Waals surface area contributed by atoms with Gasteiger partial charge in [-0.15, -0.1) is 11.8 Å². The minimum absolute atomic E-state index is 0.0251. The molecule has 2 aromatic carbocycles. The number of amides is 1. The number of fused-ring (bicyclic) bond motifs is 1. The van der Waals surface area contributed by atoms with Crippen molar-refractivity contribution in [1.82, 2.24) is 4.98 Å². The van der Waals surface area contributed by atoms with Crippen LogP contribution in [0, 0.1) is 25.2 Å². The molecule has 1 aromatic heterocycles. The number of pyridine rings is 1. The maximum atomic E-state index is 12.3. The van der Waals surface area contributed by atoms with Gasteiger partial charge in [-0.3, -0.25) is 4.79 Å². The Bertz CT molecular complexity index is 1170. The zero-order valence-electron chi connectivity index (χ0n) is 18.5. The summed E-state index contributed by atoms with van der Waals surface area (Å²) in [4.78, 5) is 17.2. The van der Waals surface area contributed by atoms with Gasteiger partial charge < -0.3 is 5.32 Å². The number of hydrogen-bond acceptors (Lipinski definition) is 4. The van der Waals surface area contributed by atoms with E-state index in [2.05, 4.69) is 42.6 Å². The zero-order valence-corrected chi connectivity index (χ0v) is 19.3. The fraction of sp³-hybridized carbons (Fsp3) is 0.296. The van der Waals surface area contributed by atoms with Gasteiger partial charge in [-0.25, -0.2) is 4.98 Å². The third kappa shape index (κ3) is 5.20. The predicted octanol–water partition coefficient (Wildman–Crippen LogP) is 5.96. The average Bonchev–Trinajstić information content (AvgIpc) is 2.81. The first-order chi connectivity index (χ1) is 15.5. The number of anilines is 1. The van der Waals surface area contributed by atoms with Crippen molar-refractivity contribution in [3.05, 3.63) is 88.1 Å². The standard InChI is InChI=1S/C27H27N3OS/c1-18-8-10-24(14-19(18)2)29-26(31)12-13-32-27-23(17-28)16-22-15-21(9-11-25(22)30-27)20-6-4-3-5-7-20/h3-8,10,14,16,21H,9,11-13,15H2,1-2H3,(H,29,31). The molecule has 0 bridgehead atoms. The van der Waals surface area contributed by atoms with Crippen LogP contribution >= 0.6 is 11.8 Å². The monoisotopic (exact) mass is 441 g/mol. The number of nitrogens with zero attached hydrogens (tertiary/aromatic N) is 2. The lowest BCUT2D eigenvalue weighted by atomic mass is 9.82. The molecule has 4 nitrogen and oxygen atoms in total. The van der Waals surface area contributed by atoms with Crippen LogP contribution in [-0.2, 0) is 17.6 Å². The van der Waals surface area contributed by atoms with Gasteiger partial charge in [0, 0.05) is 23.6 Å². The van der Waals surface area contributed by atoms with Gasteiger partial charge in [0.1, 0.15) is 11.1 Å². The quantitative estimate of drug-likeness (QED) is 0.479. The largest absolute Gasteiger partial charge is 0.326 e. The summed E-state index contributed by atoms with van der Waals surface area (Å²) >= 11 is 1.49. The van der Waals surface area contributed by atoms with E-state index in [1.165, 1.54) is 28.5 Å². The molecule has 1 aliphatic carbocycles. The van der Waals surface area contributed by atoms with E-state index in [4.69, 9.17) is 4.98 Å². The maximum Gasteiger partial charge on any atom is 0.225 e. The zero-order chi connectivity index (χ0) is 22.5. The van der Waals surface area contributed by atoms with Gasteiger partial charge in [0.25, 0.3) is 0 Å². The van der Waals surface area contributed by atoms with Crippen LogP contribution in [0.4, 0.5) is 5.69 Å². The van der Waals surface area contributed by atoms with E-state index in [9.17, 15) is 10.1 Å². The Hall–Kier alpha value is -3.10. The van der Waals surface area contributed by atoms with Crippen LogP contribution in [0.5, 0.6) is 0 Å². The van der Waals surface area contributed by atoms with Crippen molar-refractivity contribution in [3.63, 3.8) is 0 Å². The lowest BCUT2D eigenvalue weighted by Crippen LogP contribution is -2.15. The number of carbonyl (C=O) groups excluding carboxylic acids is 1. The summed E-state index contributed by atoms with van der Waals surface area (Å²) in [6.07, 6.45) is 3.28. The van der Waals surface area contributed by atoms with Crippen molar-refractivity contribution in [2.24, 2.45) is 0 Å². The van der Waals surface area contributed by atoms with Gasteiger partial charge in [-0.05, 0) is 79.5 Å². The molecule has 0 saturated heterocycles. The minimum Gasteiger partial charge on any atom is -0.326 e. The molecule has 3 aromatic rings. The highest BCUT2D eigenvalue weighted by Gasteiger charge is 2.23. The van der Waals surface area contributed by atoms with Crippen LogP contribution in [0.25, 0.3) is 0 Å². The first kappa shape index (κ1) is 22.1. The van der Waals surface area contributed by atoms with Crippen molar-refractivity contribution in [2.45, 2.75) is 50.5 Å². The number of aromatic nitrogens is 1. The molecule has 162 valence electrons. The van der Waals surface area contributed by atoms with Gasteiger partial charge in [-0.1, -0.05) is 36.4 Å². The van der Waals surface area contributed by atoms with Crippen molar-refractivity contribution in [2.75, 3.05) is 11.1 Å². The molecule has 1 heterocycles. The number of rotatable bonds is 6. The Morgan fingerprint density at radius 3 is 2.72 bits per heavy atom. The van der Waals surface area contributed by atoms with Gasteiger partial charge in [-0.2, -0.15) is 5.26 Å². The molecule has 1 N–H and O–H groups in total. The van der Waals surface area contributed by atoms with Crippen LogP contribution in [-0.4, -0.2) is 16.6 Å². The fourth-order valence-corrected chi connectivity index (χ4v) is 5.04. The minimum atomic E-state index is -0.0251. The number of aryl methyl sites for hydroxylation is 3. The smallest absolute Gasteiger partial charge is 0.225 e. The van der Waals surface area contributed by atoms with E-state index >= 15 is 0 Å². The molecule has 1 atom stereocenters. The summed E-state index contributed by atoms with van der Waals surface area (Å²) in [5, 5.41) is 13.4. The topological polar surface area (TPSA) is 65.8 Å². The number of nitrogens with one attached hydrogen (secondary N) is 1. The number of benzene rings is 2. The second-order valence-electron chi connectivity index (χ2n) is 8.35. The van der Waals surface area contributed by atoms with Gasteiger partial charge in [0.15, 0.2) is 0 Å². The second-order valence-corrected chi connectivity index (χ2v) is 9.44. The lowest BCUT2D eigenvalue weighted by molar-refractivity contribution is -0.115. The second kappa shape index (κ2) is 10.0. The summed E-state index contributed by atoms with van der Waals surface area (Å²) in [5.41, 5.74) is 7.42. The highest BCUT2D eigenvalue weighted by Crippen LogP contribution is 2.34. The summed E-state index contributed by atoms with van der Waals surface area (Å²) in [7, 11) is 0. The molecule has 0 aliphatic heterocycles. The van der Waals surface area contributed by atoms with Gasteiger partial charge in [0.05, 0.1) is 5.56 Å². The molecule has 0 saturated carbocycles. The SMILES string of the molecule is Cc1ccc(NC(=O)CCSc2nc3c(cc2C#N)CC(c2ccccc2)CC3)cc1C. The van der Waals surface area contributed by atoms with E-state index in [-0.39, 0.29) is 5.91 Å². The third-order valence-electron chi connectivity index (χ3n) is 6.10. The number of nitriles is 1. The molecule has 0 spiro atoms. The van der Waals surface area contributed by atoms with Crippen LogP contribution < -0.4 is 5.32 Å².